The zero-order valence-electron chi connectivity index (χ0n) is 19.4. The van der Waals surface area contributed by atoms with Gasteiger partial charge in [-0.15, -0.1) is 0 Å². The topological polar surface area (TPSA) is 61.7 Å². The Bertz CT molecular complexity index is 1330. The number of allylic oxidation sites excluding steroid dienone is 5. The van der Waals surface area contributed by atoms with Crippen LogP contribution in [-0.2, 0) is 15.6 Å². The first-order valence-corrected chi connectivity index (χ1v) is 11.0. The Morgan fingerprint density at radius 3 is 2.12 bits per heavy atom. The Morgan fingerprint density at radius 1 is 0.875 bits per heavy atom. The minimum Gasteiger partial charge on any atom is -0.506 e. The third-order valence-corrected chi connectivity index (χ3v) is 7.29. The number of para-hydroxylation sites is 2. The molecule has 0 aromatic heterocycles. The number of nitrogens with zero attached hydrogens (tertiary/aromatic N) is 1. The van der Waals surface area contributed by atoms with Crippen LogP contribution in [0.25, 0.3) is 0 Å². The molecule has 0 amide bonds. The summed E-state index contributed by atoms with van der Waals surface area (Å²) in [7, 11) is 0. The monoisotopic (exact) mass is 424 g/mol. The van der Waals surface area contributed by atoms with E-state index in [-0.39, 0.29) is 22.4 Å². The molecule has 0 unspecified atom stereocenters. The van der Waals surface area contributed by atoms with Crippen LogP contribution in [0, 0.1) is 0 Å². The lowest BCUT2D eigenvalue weighted by atomic mass is 9.73. The molecule has 4 heteroatoms. The van der Waals surface area contributed by atoms with E-state index in [4.69, 9.17) is 4.99 Å². The van der Waals surface area contributed by atoms with Crippen molar-refractivity contribution in [2.24, 2.45) is 4.99 Å². The second-order valence-electron chi connectivity index (χ2n) is 9.95. The number of aliphatic hydroxyl groups is 1. The number of anilines is 1. The maximum Gasteiger partial charge on any atom is 0.201 e. The zero-order valence-corrected chi connectivity index (χ0v) is 19.4. The van der Waals surface area contributed by atoms with Crippen molar-refractivity contribution in [3.05, 3.63) is 93.4 Å². The van der Waals surface area contributed by atoms with Crippen LogP contribution in [0.3, 0.4) is 0 Å². The van der Waals surface area contributed by atoms with E-state index < -0.39 is 0 Å². The Labute approximate surface area is 189 Å². The van der Waals surface area contributed by atoms with E-state index in [1.165, 1.54) is 5.56 Å². The lowest BCUT2D eigenvalue weighted by Gasteiger charge is -2.30. The number of aliphatic hydroxyl groups excluding tert-OH is 1. The molecular weight excluding hydrogens is 396 g/mol. The number of nitrogens with one attached hydrogen (secondary N) is 1. The highest BCUT2D eigenvalue weighted by molar-refractivity contribution is 6.27. The minimum absolute atomic E-state index is 0.0699. The Hall–Kier alpha value is -3.40. The summed E-state index contributed by atoms with van der Waals surface area (Å²) in [5.41, 5.74) is 7.81. The van der Waals surface area contributed by atoms with Gasteiger partial charge in [-0.25, -0.2) is 0 Å². The maximum absolute atomic E-state index is 13.3. The third-order valence-electron chi connectivity index (χ3n) is 7.29. The Morgan fingerprint density at radius 2 is 1.50 bits per heavy atom. The molecule has 162 valence electrons. The number of fused-ring (bicyclic) bond motifs is 2. The molecule has 0 saturated carbocycles. The summed E-state index contributed by atoms with van der Waals surface area (Å²) in [6.07, 6.45) is 0. The highest BCUT2D eigenvalue weighted by Gasteiger charge is 2.44. The predicted octanol–water partition coefficient (Wildman–Crippen LogP) is 6.44. The zero-order chi connectivity index (χ0) is 23.0. The molecule has 5 rings (SSSR count). The summed E-state index contributed by atoms with van der Waals surface area (Å²) in [4.78, 5) is 18.2. The molecule has 2 N–H and O–H groups in total. The fourth-order valence-electron chi connectivity index (χ4n) is 5.51. The van der Waals surface area contributed by atoms with Gasteiger partial charge in [0, 0.05) is 22.2 Å². The molecule has 0 atom stereocenters. The average Bonchev–Trinajstić information content (AvgIpc) is 3.18. The quantitative estimate of drug-likeness (QED) is 0.546. The highest BCUT2D eigenvalue weighted by atomic mass is 16.3. The lowest BCUT2D eigenvalue weighted by Crippen LogP contribution is -2.32. The van der Waals surface area contributed by atoms with Crippen molar-refractivity contribution in [2.45, 2.75) is 52.4 Å². The number of carbonyl (C=O) groups is 1. The van der Waals surface area contributed by atoms with Crippen LogP contribution in [0.1, 0.15) is 52.7 Å². The molecule has 1 aliphatic carbocycles. The van der Waals surface area contributed by atoms with Crippen molar-refractivity contribution < 1.29 is 9.90 Å². The fourth-order valence-corrected chi connectivity index (χ4v) is 5.51. The number of carbonyl (C=O) groups excluding carboxylic acids is 1. The number of ketones is 1. The number of aliphatic imine (C=N–C) groups is 1. The Kier molecular flexibility index (Phi) is 4.20. The predicted molar refractivity (Wildman–Crippen MR) is 130 cm³/mol. The summed E-state index contributed by atoms with van der Waals surface area (Å²) in [6.45, 7) is 12.3. The normalized spacial score (nSPS) is 23.2. The molecule has 3 aliphatic rings. The largest absolute Gasteiger partial charge is 0.506 e. The number of hydrogen-bond donors (Lipinski definition) is 2. The van der Waals surface area contributed by atoms with Crippen molar-refractivity contribution in [3.8, 4) is 0 Å². The third kappa shape index (κ3) is 2.56. The van der Waals surface area contributed by atoms with Crippen molar-refractivity contribution in [1.82, 2.24) is 0 Å². The van der Waals surface area contributed by atoms with Crippen LogP contribution < -0.4 is 5.32 Å². The van der Waals surface area contributed by atoms with E-state index in [9.17, 15) is 9.90 Å². The molecule has 4 nitrogen and oxygen atoms in total. The van der Waals surface area contributed by atoms with E-state index in [2.05, 4.69) is 45.1 Å². The summed E-state index contributed by atoms with van der Waals surface area (Å²) in [5, 5.41) is 14.5. The SMILES string of the molecule is CC(C1=Nc2ccccc2C1(C)C)=C1C(=O)C(C(C)=C2Nc3ccccc3C2(C)C)=C1O. The number of Topliss-reactive ketones (excluding diaryl/α,β-unsaturated/α-hetero) is 1. The van der Waals surface area contributed by atoms with Gasteiger partial charge in [-0.2, -0.15) is 0 Å². The lowest BCUT2D eigenvalue weighted by molar-refractivity contribution is -0.113. The summed E-state index contributed by atoms with van der Waals surface area (Å²) < 4.78 is 0. The molecule has 0 saturated heterocycles. The van der Waals surface area contributed by atoms with Crippen LogP contribution in [0.5, 0.6) is 0 Å². The van der Waals surface area contributed by atoms with Gasteiger partial charge in [-0.1, -0.05) is 64.1 Å². The summed E-state index contributed by atoms with van der Waals surface area (Å²) >= 11 is 0. The van der Waals surface area contributed by atoms with Crippen LogP contribution in [0.2, 0.25) is 0 Å². The van der Waals surface area contributed by atoms with Gasteiger partial charge in [0.15, 0.2) is 0 Å². The second kappa shape index (κ2) is 6.55. The van der Waals surface area contributed by atoms with E-state index in [0.29, 0.717) is 11.1 Å². The molecule has 2 aliphatic heterocycles. The molecule has 0 radical (unpaired) electrons. The second-order valence-corrected chi connectivity index (χ2v) is 9.95. The van der Waals surface area contributed by atoms with Gasteiger partial charge in [-0.05, 0) is 48.3 Å². The van der Waals surface area contributed by atoms with Crippen molar-refractivity contribution in [1.29, 1.82) is 0 Å². The molecule has 2 heterocycles. The van der Waals surface area contributed by atoms with Crippen LogP contribution >= 0.6 is 0 Å². The molecule has 32 heavy (non-hydrogen) atoms. The van der Waals surface area contributed by atoms with Crippen molar-refractivity contribution >= 4 is 22.9 Å². The van der Waals surface area contributed by atoms with E-state index in [1.807, 2.05) is 50.2 Å². The van der Waals surface area contributed by atoms with Gasteiger partial charge in [0.05, 0.1) is 22.5 Å². The van der Waals surface area contributed by atoms with Crippen molar-refractivity contribution in [3.63, 3.8) is 0 Å². The molecule has 2 aromatic rings. The van der Waals surface area contributed by atoms with Gasteiger partial charge in [0.2, 0.25) is 5.78 Å². The first kappa shape index (κ1) is 20.5. The van der Waals surface area contributed by atoms with Crippen LogP contribution in [0.15, 0.2) is 87.3 Å². The van der Waals surface area contributed by atoms with Gasteiger partial charge in [-0.3, -0.25) is 9.79 Å². The van der Waals surface area contributed by atoms with Gasteiger partial charge in [0.25, 0.3) is 0 Å². The molecular formula is C28H28N2O2. The number of hydrogen-bond acceptors (Lipinski definition) is 4. The average molecular weight is 425 g/mol. The molecule has 0 bridgehead atoms. The van der Waals surface area contributed by atoms with E-state index in [0.717, 1.165) is 39.5 Å². The minimum atomic E-state index is -0.325. The summed E-state index contributed by atoms with van der Waals surface area (Å²) in [6, 6.07) is 16.2. The van der Waals surface area contributed by atoms with E-state index >= 15 is 0 Å². The number of benzene rings is 2. The van der Waals surface area contributed by atoms with Crippen LogP contribution in [0.4, 0.5) is 11.4 Å². The maximum atomic E-state index is 13.3. The highest BCUT2D eigenvalue weighted by Crippen LogP contribution is 2.48. The standard InChI is InChI=1S/C28H28N2O2/c1-15(25-27(3,4)17-11-7-9-13-19(17)29-25)21-23(31)22(24(21)32)16(2)26-28(5,6)18-12-8-10-14-20(18)30-26/h7-14,29,31H,1-6H3. The molecule has 0 fully saturated rings. The first-order chi connectivity index (χ1) is 15.1. The van der Waals surface area contributed by atoms with Gasteiger partial charge in [0.1, 0.15) is 5.76 Å². The van der Waals surface area contributed by atoms with E-state index in [1.54, 1.807) is 0 Å². The van der Waals surface area contributed by atoms with Gasteiger partial charge < -0.3 is 10.4 Å². The number of rotatable bonds is 2. The Balaban J connectivity index is 1.59. The fraction of sp³-hybridized carbons (Fsp3) is 0.286. The summed E-state index contributed by atoms with van der Waals surface area (Å²) in [5.74, 6) is -0.0477. The molecule has 2 aromatic carbocycles. The molecule has 0 spiro atoms. The smallest absolute Gasteiger partial charge is 0.201 e. The van der Waals surface area contributed by atoms with Crippen LogP contribution in [-0.4, -0.2) is 16.6 Å². The first-order valence-electron chi connectivity index (χ1n) is 11.0. The van der Waals surface area contributed by atoms with Gasteiger partial charge >= 0.3 is 0 Å². The van der Waals surface area contributed by atoms with Crippen molar-refractivity contribution in [2.75, 3.05) is 5.32 Å².